The highest BCUT2D eigenvalue weighted by atomic mass is 35.5. The number of benzene rings is 1. The lowest BCUT2D eigenvalue weighted by atomic mass is 9.88. The molecule has 3 nitrogen and oxygen atoms in total. The van der Waals surface area contributed by atoms with Crippen molar-refractivity contribution in [1.29, 1.82) is 0 Å². The monoisotopic (exact) mass is 252 g/mol. The zero-order valence-electron chi connectivity index (χ0n) is 10.4. The van der Waals surface area contributed by atoms with Crippen LogP contribution in [0.2, 0.25) is 5.02 Å². The van der Waals surface area contributed by atoms with Crippen LogP contribution in [-0.2, 0) is 5.41 Å². The van der Waals surface area contributed by atoms with E-state index in [-0.39, 0.29) is 5.41 Å². The van der Waals surface area contributed by atoms with E-state index in [0.29, 0.717) is 17.5 Å². The maximum atomic E-state index is 6.01. The van der Waals surface area contributed by atoms with Gasteiger partial charge in [-0.3, -0.25) is 0 Å². The molecule has 1 atom stereocenters. The Morgan fingerprint density at radius 2 is 2.18 bits per heavy atom. The minimum atomic E-state index is -0.210. The number of aryl methyl sites for hydroxylation is 1. The molecule has 0 aliphatic heterocycles. The molecule has 4 heteroatoms. The Hall–Kier alpha value is -1.06. The molecule has 1 aromatic heterocycles. The maximum absolute atomic E-state index is 6.01. The van der Waals surface area contributed by atoms with Gasteiger partial charge in [-0.05, 0) is 38.0 Å². The van der Waals surface area contributed by atoms with Crippen LogP contribution in [0.5, 0.6) is 0 Å². The number of aromatic nitrogens is 1. The molecule has 17 heavy (non-hydrogen) atoms. The van der Waals surface area contributed by atoms with E-state index in [2.05, 4.69) is 18.8 Å². The normalized spacial score (nSPS) is 15.1. The van der Waals surface area contributed by atoms with Gasteiger partial charge in [0.05, 0.1) is 5.41 Å². The molecule has 2 rings (SSSR count). The molecule has 1 heterocycles. The van der Waals surface area contributed by atoms with Gasteiger partial charge in [0, 0.05) is 11.6 Å². The number of nitrogens with zero attached hydrogens (tertiary/aromatic N) is 1. The first-order valence-electron chi connectivity index (χ1n) is 5.77. The number of halogens is 1. The van der Waals surface area contributed by atoms with Crippen LogP contribution >= 0.6 is 11.6 Å². The Balaban J connectivity index is 2.62. The number of oxazole rings is 1. The summed E-state index contributed by atoms with van der Waals surface area (Å²) in [6, 6.07) is 3.70. The van der Waals surface area contributed by atoms with Crippen molar-refractivity contribution in [1.82, 2.24) is 4.98 Å². The number of nitrogens with two attached hydrogens (primary N) is 1. The fraction of sp³-hybridized carbons (Fsp3) is 0.462. The van der Waals surface area contributed by atoms with Gasteiger partial charge in [-0.15, -0.1) is 0 Å². The summed E-state index contributed by atoms with van der Waals surface area (Å²) in [7, 11) is 0. The Morgan fingerprint density at radius 1 is 1.47 bits per heavy atom. The minimum Gasteiger partial charge on any atom is -0.440 e. The topological polar surface area (TPSA) is 52.0 Å². The Kier molecular flexibility index (Phi) is 3.15. The van der Waals surface area contributed by atoms with E-state index in [9.17, 15) is 0 Å². The quantitative estimate of drug-likeness (QED) is 0.911. The third-order valence-electron chi connectivity index (χ3n) is 3.39. The highest BCUT2D eigenvalue weighted by molar-refractivity contribution is 6.31. The fourth-order valence-electron chi connectivity index (χ4n) is 1.80. The molecule has 0 amide bonds. The van der Waals surface area contributed by atoms with Crippen molar-refractivity contribution >= 4 is 22.7 Å². The van der Waals surface area contributed by atoms with Gasteiger partial charge in [0.15, 0.2) is 5.58 Å². The van der Waals surface area contributed by atoms with Gasteiger partial charge in [0.25, 0.3) is 0 Å². The largest absolute Gasteiger partial charge is 0.440 e. The summed E-state index contributed by atoms with van der Waals surface area (Å²) in [5.41, 5.74) is 8.21. The van der Waals surface area contributed by atoms with Crippen molar-refractivity contribution in [3.63, 3.8) is 0 Å². The van der Waals surface area contributed by atoms with Crippen molar-refractivity contribution in [2.24, 2.45) is 5.73 Å². The highest BCUT2D eigenvalue weighted by Gasteiger charge is 2.29. The van der Waals surface area contributed by atoms with E-state index in [0.717, 1.165) is 23.1 Å². The molecule has 0 radical (unpaired) electrons. The predicted molar refractivity (Wildman–Crippen MR) is 70.5 cm³/mol. The second-order valence-corrected chi connectivity index (χ2v) is 5.14. The summed E-state index contributed by atoms with van der Waals surface area (Å²) in [5.74, 6) is 0.697. The van der Waals surface area contributed by atoms with Gasteiger partial charge in [0.1, 0.15) is 5.52 Å². The van der Waals surface area contributed by atoms with E-state index < -0.39 is 0 Å². The van der Waals surface area contributed by atoms with Gasteiger partial charge in [-0.25, -0.2) is 4.98 Å². The Bertz CT molecular complexity index is 544. The molecule has 92 valence electrons. The Morgan fingerprint density at radius 3 is 2.76 bits per heavy atom. The summed E-state index contributed by atoms with van der Waals surface area (Å²) in [4.78, 5) is 4.52. The summed E-state index contributed by atoms with van der Waals surface area (Å²) in [5, 5.41) is 0.681. The first-order chi connectivity index (χ1) is 8.00. The van der Waals surface area contributed by atoms with Crippen LogP contribution in [0.25, 0.3) is 11.1 Å². The van der Waals surface area contributed by atoms with Crippen molar-refractivity contribution in [2.45, 2.75) is 32.6 Å². The first-order valence-corrected chi connectivity index (χ1v) is 6.15. The summed E-state index contributed by atoms with van der Waals surface area (Å²) < 4.78 is 5.85. The van der Waals surface area contributed by atoms with Crippen LogP contribution in [-0.4, -0.2) is 11.5 Å². The number of hydrogen-bond donors (Lipinski definition) is 1. The summed E-state index contributed by atoms with van der Waals surface area (Å²) >= 11 is 6.01. The molecule has 0 aliphatic rings. The van der Waals surface area contributed by atoms with E-state index >= 15 is 0 Å². The first kappa shape index (κ1) is 12.4. The minimum absolute atomic E-state index is 0.210. The molecule has 0 saturated heterocycles. The highest BCUT2D eigenvalue weighted by Crippen LogP contribution is 2.31. The van der Waals surface area contributed by atoms with Crippen molar-refractivity contribution < 1.29 is 4.42 Å². The van der Waals surface area contributed by atoms with Gasteiger partial charge in [-0.2, -0.15) is 0 Å². The van der Waals surface area contributed by atoms with Crippen LogP contribution in [0, 0.1) is 6.92 Å². The van der Waals surface area contributed by atoms with E-state index in [1.807, 2.05) is 19.1 Å². The summed E-state index contributed by atoms with van der Waals surface area (Å²) in [6.07, 6.45) is 0.892. The lowest BCUT2D eigenvalue weighted by molar-refractivity contribution is 0.353. The second-order valence-electron chi connectivity index (χ2n) is 4.71. The molecule has 1 aromatic carbocycles. The number of hydrogen-bond acceptors (Lipinski definition) is 3. The molecule has 0 bridgehead atoms. The van der Waals surface area contributed by atoms with Crippen LogP contribution in [0.15, 0.2) is 16.5 Å². The average molecular weight is 253 g/mol. The fourth-order valence-corrected chi connectivity index (χ4v) is 2.06. The van der Waals surface area contributed by atoms with Crippen molar-refractivity contribution in [3.8, 4) is 0 Å². The van der Waals surface area contributed by atoms with Crippen LogP contribution in [0.1, 0.15) is 31.7 Å². The van der Waals surface area contributed by atoms with E-state index in [1.165, 1.54) is 0 Å². The third-order valence-corrected chi connectivity index (χ3v) is 3.61. The SMILES string of the molecule is CCC(C)(CN)c1nc2cc(Cl)cc(C)c2o1. The molecule has 2 aromatic rings. The number of fused-ring (bicyclic) bond motifs is 1. The predicted octanol–water partition coefficient (Wildman–Crippen LogP) is 3.42. The van der Waals surface area contributed by atoms with Gasteiger partial charge in [0.2, 0.25) is 5.89 Å². The maximum Gasteiger partial charge on any atom is 0.202 e. The number of rotatable bonds is 3. The van der Waals surface area contributed by atoms with Crippen LogP contribution in [0.3, 0.4) is 0 Å². The summed E-state index contributed by atoms with van der Waals surface area (Å²) in [6.45, 7) is 6.63. The standard InChI is InChI=1S/C13H17ClN2O/c1-4-13(3,7-15)12-16-10-6-9(14)5-8(2)11(10)17-12/h5-6H,4,7,15H2,1-3H3. The van der Waals surface area contributed by atoms with Crippen molar-refractivity contribution in [3.05, 3.63) is 28.6 Å². The van der Waals surface area contributed by atoms with Gasteiger partial charge >= 0.3 is 0 Å². The lowest BCUT2D eigenvalue weighted by Crippen LogP contribution is -2.31. The molecule has 1 unspecified atom stereocenters. The van der Waals surface area contributed by atoms with Crippen LogP contribution in [0.4, 0.5) is 0 Å². The molecule has 0 aliphatic carbocycles. The molecule has 0 saturated carbocycles. The zero-order chi connectivity index (χ0) is 12.6. The van der Waals surface area contributed by atoms with E-state index in [1.54, 1.807) is 0 Å². The molecular formula is C13H17ClN2O. The van der Waals surface area contributed by atoms with Crippen molar-refractivity contribution in [2.75, 3.05) is 6.54 Å². The molecular weight excluding hydrogens is 236 g/mol. The van der Waals surface area contributed by atoms with E-state index in [4.69, 9.17) is 21.8 Å². The third kappa shape index (κ3) is 2.05. The van der Waals surface area contributed by atoms with Gasteiger partial charge < -0.3 is 10.2 Å². The average Bonchev–Trinajstić information content (AvgIpc) is 2.72. The molecule has 0 fully saturated rings. The zero-order valence-corrected chi connectivity index (χ0v) is 11.1. The Labute approximate surface area is 106 Å². The van der Waals surface area contributed by atoms with Gasteiger partial charge in [-0.1, -0.05) is 18.5 Å². The molecule has 0 spiro atoms. The second kappa shape index (κ2) is 4.31. The molecule has 2 N–H and O–H groups in total. The van der Waals surface area contributed by atoms with Crippen LogP contribution < -0.4 is 5.73 Å². The lowest BCUT2D eigenvalue weighted by Gasteiger charge is -2.21. The smallest absolute Gasteiger partial charge is 0.202 e.